The van der Waals surface area contributed by atoms with Crippen LogP contribution in [0, 0.1) is 0 Å². The van der Waals surface area contributed by atoms with E-state index in [-0.39, 0.29) is 5.56 Å². The monoisotopic (exact) mass is 367 g/mol. The molecule has 1 N–H and O–H groups in total. The second kappa shape index (κ2) is 8.05. The number of thioether (sulfide) groups is 1. The highest BCUT2D eigenvalue weighted by Crippen LogP contribution is 2.25. The molecule has 0 atom stereocenters. The van der Waals surface area contributed by atoms with Crippen molar-refractivity contribution in [2.75, 3.05) is 12.4 Å². The second-order valence-corrected chi connectivity index (χ2v) is 6.08. The molecule has 0 amide bonds. The van der Waals surface area contributed by atoms with Gasteiger partial charge in [-0.25, -0.2) is 9.78 Å². The molecule has 0 spiro atoms. The van der Waals surface area contributed by atoms with Crippen molar-refractivity contribution in [1.82, 2.24) is 4.98 Å². The number of hydrogen-bond acceptors (Lipinski definition) is 4. The number of carboxylic acids is 1. The summed E-state index contributed by atoms with van der Waals surface area (Å²) in [4.78, 5) is 15.3. The van der Waals surface area contributed by atoms with E-state index >= 15 is 0 Å². The number of rotatable bonds is 7. The third kappa shape index (κ3) is 4.75. The Kier molecular flexibility index (Phi) is 6.07. The number of benzene rings is 1. The molecule has 1 aromatic heterocycles. The van der Waals surface area contributed by atoms with Crippen molar-refractivity contribution in [3.05, 3.63) is 52.6 Å². The lowest BCUT2D eigenvalue weighted by Crippen LogP contribution is -2.05. The van der Waals surface area contributed by atoms with Crippen LogP contribution >= 0.6 is 27.7 Å². The van der Waals surface area contributed by atoms with Crippen LogP contribution < -0.4 is 4.74 Å². The largest absolute Gasteiger partial charge is 0.493 e. The molecule has 21 heavy (non-hydrogen) atoms. The van der Waals surface area contributed by atoms with Crippen LogP contribution in [0.5, 0.6) is 5.75 Å². The van der Waals surface area contributed by atoms with E-state index in [1.165, 1.54) is 6.07 Å². The molecule has 0 aliphatic carbocycles. The zero-order valence-corrected chi connectivity index (χ0v) is 13.6. The first-order valence-corrected chi connectivity index (χ1v) is 8.15. The van der Waals surface area contributed by atoms with Gasteiger partial charge in [-0.3, -0.25) is 0 Å². The van der Waals surface area contributed by atoms with Crippen LogP contribution in [0.15, 0.2) is 52.1 Å². The second-order valence-electron chi connectivity index (χ2n) is 4.14. The number of para-hydroxylation sites is 1. The lowest BCUT2D eigenvalue weighted by molar-refractivity contribution is 0.0692. The minimum Gasteiger partial charge on any atom is -0.493 e. The molecule has 0 aliphatic rings. The van der Waals surface area contributed by atoms with E-state index in [0.29, 0.717) is 12.4 Å². The average molecular weight is 368 g/mol. The third-order valence-corrected chi connectivity index (χ3v) is 4.62. The van der Waals surface area contributed by atoms with E-state index < -0.39 is 5.97 Å². The van der Waals surface area contributed by atoms with E-state index in [1.54, 1.807) is 36.2 Å². The fourth-order valence-corrected chi connectivity index (χ4v) is 3.05. The third-order valence-electron chi connectivity index (χ3n) is 2.63. The topological polar surface area (TPSA) is 59.4 Å². The molecule has 0 bridgehead atoms. The summed E-state index contributed by atoms with van der Waals surface area (Å²) in [5, 5.41) is 10.00. The maximum Gasteiger partial charge on any atom is 0.339 e. The summed E-state index contributed by atoms with van der Waals surface area (Å²) in [5.74, 6) is 0.289. The van der Waals surface area contributed by atoms with E-state index in [2.05, 4.69) is 20.9 Å². The summed E-state index contributed by atoms with van der Waals surface area (Å²) in [5.41, 5.74) is 0.192. The van der Waals surface area contributed by atoms with Crippen molar-refractivity contribution in [2.45, 2.75) is 11.4 Å². The number of carbonyl (C=O) groups is 1. The zero-order chi connectivity index (χ0) is 15.1. The number of hydrogen-bond donors (Lipinski definition) is 1. The Morgan fingerprint density at radius 1 is 1.29 bits per heavy atom. The standard InChI is InChI=1S/C15H14BrNO3S/c16-12-6-3-8-17-14(12)21-10-4-9-20-13-7-2-1-5-11(13)15(18)19/h1-3,5-8H,4,9-10H2,(H,18,19). The van der Waals surface area contributed by atoms with Gasteiger partial charge in [-0.05, 0) is 46.6 Å². The Morgan fingerprint density at radius 2 is 2.10 bits per heavy atom. The number of nitrogens with zero attached hydrogens (tertiary/aromatic N) is 1. The van der Waals surface area contributed by atoms with E-state index in [9.17, 15) is 4.79 Å². The number of aromatic nitrogens is 1. The molecule has 2 rings (SSSR count). The van der Waals surface area contributed by atoms with Crippen molar-refractivity contribution in [1.29, 1.82) is 0 Å². The highest BCUT2D eigenvalue weighted by molar-refractivity contribution is 9.10. The van der Waals surface area contributed by atoms with Gasteiger partial charge in [-0.15, -0.1) is 11.8 Å². The van der Waals surface area contributed by atoms with Gasteiger partial charge in [0.25, 0.3) is 0 Å². The van der Waals surface area contributed by atoms with Gasteiger partial charge in [0.05, 0.1) is 6.61 Å². The number of pyridine rings is 1. The van der Waals surface area contributed by atoms with Crippen LogP contribution in [0.3, 0.4) is 0 Å². The minimum absolute atomic E-state index is 0.192. The summed E-state index contributed by atoms with van der Waals surface area (Å²) >= 11 is 5.09. The summed E-state index contributed by atoms with van der Waals surface area (Å²) in [6.07, 6.45) is 2.56. The predicted octanol–water partition coefficient (Wildman–Crippen LogP) is 4.10. The molecule has 0 saturated carbocycles. The normalized spacial score (nSPS) is 10.3. The van der Waals surface area contributed by atoms with Crippen molar-refractivity contribution < 1.29 is 14.6 Å². The molecule has 110 valence electrons. The smallest absolute Gasteiger partial charge is 0.339 e. The van der Waals surface area contributed by atoms with Gasteiger partial charge in [0.15, 0.2) is 0 Å². The number of ether oxygens (including phenoxy) is 1. The molecule has 1 aromatic carbocycles. The van der Waals surface area contributed by atoms with Gasteiger partial charge in [-0.1, -0.05) is 12.1 Å². The molecule has 6 heteroatoms. The van der Waals surface area contributed by atoms with Crippen molar-refractivity contribution >= 4 is 33.7 Å². The summed E-state index contributed by atoms with van der Waals surface area (Å²) in [6.45, 7) is 0.474. The zero-order valence-electron chi connectivity index (χ0n) is 11.2. The average Bonchev–Trinajstić information content (AvgIpc) is 2.49. The van der Waals surface area contributed by atoms with Crippen molar-refractivity contribution in [2.24, 2.45) is 0 Å². The molecule has 1 heterocycles. The van der Waals surface area contributed by atoms with Gasteiger partial charge >= 0.3 is 5.97 Å². The molecule has 4 nitrogen and oxygen atoms in total. The van der Waals surface area contributed by atoms with E-state index in [0.717, 1.165) is 21.7 Å². The molecule has 0 unspecified atom stereocenters. The predicted molar refractivity (Wildman–Crippen MR) is 86.2 cm³/mol. The van der Waals surface area contributed by atoms with E-state index in [4.69, 9.17) is 9.84 Å². The molecular formula is C15H14BrNO3S. The van der Waals surface area contributed by atoms with Gasteiger partial charge in [-0.2, -0.15) is 0 Å². The fourth-order valence-electron chi connectivity index (χ4n) is 1.66. The number of aromatic carboxylic acids is 1. The molecule has 0 saturated heterocycles. The fraction of sp³-hybridized carbons (Fsp3) is 0.200. The number of carboxylic acid groups (broad SMARTS) is 1. The molecular weight excluding hydrogens is 354 g/mol. The Balaban J connectivity index is 1.78. The lowest BCUT2D eigenvalue weighted by Gasteiger charge is -2.08. The van der Waals surface area contributed by atoms with Gasteiger partial charge in [0.2, 0.25) is 0 Å². The molecule has 0 aliphatic heterocycles. The highest BCUT2D eigenvalue weighted by atomic mass is 79.9. The Bertz CT molecular complexity index is 621. The van der Waals surface area contributed by atoms with Crippen molar-refractivity contribution in [3.8, 4) is 5.75 Å². The quantitative estimate of drug-likeness (QED) is 0.589. The Hall–Kier alpha value is -1.53. The first-order chi connectivity index (χ1) is 10.2. The van der Waals surface area contributed by atoms with E-state index in [1.807, 2.05) is 12.1 Å². The van der Waals surface area contributed by atoms with Crippen LogP contribution in [0.25, 0.3) is 0 Å². The summed E-state index contributed by atoms with van der Waals surface area (Å²) < 4.78 is 6.52. The Labute approximate surface area is 135 Å². The van der Waals surface area contributed by atoms with Gasteiger partial charge in [0, 0.05) is 16.4 Å². The van der Waals surface area contributed by atoms with Crippen LogP contribution in [0.2, 0.25) is 0 Å². The molecule has 2 aromatic rings. The van der Waals surface area contributed by atoms with Crippen LogP contribution in [-0.4, -0.2) is 28.4 Å². The van der Waals surface area contributed by atoms with Crippen LogP contribution in [0.4, 0.5) is 0 Å². The summed E-state index contributed by atoms with van der Waals surface area (Å²) in [7, 11) is 0. The van der Waals surface area contributed by atoms with Gasteiger partial charge in [0.1, 0.15) is 16.3 Å². The highest BCUT2D eigenvalue weighted by Gasteiger charge is 2.09. The van der Waals surface area contributed by atoms with Crippen LogP contribution in [-0.2, 0) is 0 Å². The lowest BCUT2D eigenvalue weighted by atomic mass is 10.2. The first kappa shape index (κ1) is 15.9. The van der Waals surface area contributed by atoms with Crippen LogP contribution in [0.1, 0.15) is 16.8 Å². The SMILES string of the molecule is O=C(O)c1ccccc1OCCCSc1ncccc1Br. The maximum absolute atomic E-state index is 11.0. The summed E-state index contributed by atoms with van der Waals surface area (Å²) in [6, 6.07) is 10.5. The molecule has 0 fully saturated rings. The van der Waals surface area contributed by atoms with Gasteiger partial charge < -0.3 is 9.84 Å². The minimum atomic E-state index is -0.975. The Morgan fingerprint density at radius 3 is 2.86 bits per heavy atom. The number of halogens is 1. The first-order valence-electron chi connectivity index (χ1n) is 6.37. The molecule has 0 radical (unpaired) electrons. The van der Waals surface area contributed by atoms with Crippen molar-refractivity contribution in [3.63, 3.8) is 0 Å². The maximum atomic E-state index is 11.0.